The molecule has 6 nitrogen and oxygen atoms in total. The molecule has 0 fully saturated rings. The van der Waals surface area contributed by atoms with Gasteiger partial charge in [-0.3, -0.25) is 19.2 Å². The standard InChI is InChI=1S/C40H26N2O4/c1-17(2)19-9-25-33(43)13-29-21-5-7-23-31-15-35(45)27-11-20(18(3)4)12-28-36(46)16-32(42(31)40(27)28)24-8-6-22(37(21)38(23)24)30-14-34(44)26(10-19)39(25)41(29)30/h5-18H,1-4H3. The summed E-state index contributed by atoms with van der Waals surface area (Å²) in [6.07, 6.45) is 0. The van der Waals surface area contributed by atoms with Crippen LogP contribution >= 0.6 is 0 Å². The fourth-order valence-corrected chi connectivity index (χ4v) is 8.16. The van der Waals surface area contributed by atoms with Crippen LogP contribution in [0.5, 0.6) is 0 Å². The Bertz CT molecular complexity index is 2810. The van der Waals surface area contributed by atoms with E-state index in [0.717, 1.165) is 65.5 Å². The zero-order chi connectivity index (χ0) is 31.5. The average Bonchev–Trinajstić information content (AvgIpc) is 3.04. The molecular weight excluding hydrogens is 572 g/mol. The molecule has 220 valence electrons. The van der Waals surface area contributed by atoms with E-state index in [1.807, 2.05) is 48.5 Å². The lowest BCUT2D eigenvalue weighted by Crippen LogP contribution is -2.14. The average molecular weight is 599 g/mol. The van der Waals surface area contributed by atoms with Crippen molar-refractivity contribution in [1.29, 1.82) is 0 Å². The molecule has 0 spiro atoms. The largest absolute Gasteiger partial charge is 0.307 e. The molecule has 6 aromatic heterocycles. The smallest absolute Gasteiger partial charge is 0.190 e. The van der Waals surface area contributed by atoms with E-state index in [9.17, 15) is 19.2 Å². The molecule has 6 heterocycles. The van der Waals surface area contributed by atoms with Crippen LogP contribution in [0.1, 0.15) is 50.7 Å². The Kier molecular flexibility index (Phi) is 4.55. The Labute approximate surface area is 259 Å². The second kappa shape index (κ2) is 8.15. The molecule has 46 heavy (non-hydrogen) atoms. The minimum atomic E-state index is -0.125. The molecule has 0 N–H and O–H groups in total. The third-order valence-corrected chi connectivity index (χ3v) is 10.4. The van der Waals surface area contributed by atoms with Gasteiger partial charge in [0.1, 0.15) is 0 Å². The van der Waals surface area contributed by atoms with Crippen molar-refractivity contribution in [1.82, 2.24) is 8.80 Å². The second-order valence-electron chi connectivity index (χ2n) is 13.6. The molecule has 0 saturated heterocycles. The molecule has 0 aliphatic carbocycles. The molecule has 0 aliphatic heterocycles. The highest BCUT2D eigenvalue weighted by Crippen LogP contribution is 2.43. The summed E-state index contributed by atoms with van der Waals surface area (Å²) in [5.74, 6) is 0.330. The van der Waals surface area contributed by atoms with Gasteiger partial charge in [-0.05, 0) is 47.2 Å². The molecule has 0 radical (unpaired) electrons. The molecule has 0 aliphatic rings. The van der Waals surface area contributed by atoms with Gasteiger partial charge in [-0.25, -0.2) is 0 Å². The van der Waals surface area contributed by atoms with Crippen molar-refractivity contribution < 1.29 is 0 Å². The van der Waals surface area contributed by atoms with E-state index < -0.39 is 0 Å². The summed E-state index contributed by atoms with van der Waals surface area (Å²) in [6, 6.07) is 22.5. The molecule has 0 bridgehead atoms. The quantitative estimate of drug-likeness (QED) is 0.151. The third-order valence-electron chi connectivity index (χ3n) is 10.4. The van der Waals surface area contributed by atoms with Crippen molar-refractivity contribution in [3.05, 3.63) is 125 Å². The first-order chi connectivity index (χ1) is 22.1. The van der Waals surface area contributed by atoms with Crippen LogP contribution < -0.4 is 21.7 Å². The fourth-order valence-electron chi connectivity index (χ4n) is 8.16. The summed E-state index contributed by atoms with van der Waals surface area (Å²) in [4.78, 5) is 55.0. The first kappa shape index (κ1) is 25.7. The molecule has 10 rings (SSSR count). The Morgan fingerprint density at radius 3 is 0.891 bits per heavy atom. The molecule has 10 aromatic rings. The number of hydrogen-bond acceptors (Lipinski definition) is 4. The topological polar surface area (TPSA) is 77.1 Å². The van der Waals surface area contributed by atoms with Gasteiger partial charge in [0, 0.05) is 78.1 Å². The molecule has 6 heteroatoms. The van der Waals surface area contributed by atoms with Crippen LogP contribution in [0.25, 0.3) is 87.0 Å². The van der Waals surface area contributed by atoms with Crippen molar-refractivity contribution in [2.75, 3.05) is 0 Å². The number of pyridine rings is 6. The van der Waals surface area contributed by atoms with Crippen LogP contribution in [0.4, 0.5) is 0 Å². The predicted molar refractivity (Wildman–Crippen MR) is 189 cm³/mol. The van der Waals surface area contributed by atoms with E-state index in [-0.39, 0.29) is 33.6 Å². The highest BCUT2D eigenvalue weighted by molar-refractivity contribution is 6.33. The highest BCUT2D eigenvalue weighted by Gasteiger charge is 2.24. The molecular formula is C40H26N2O4. The van der Waals surface area contributed by atoms with Gasteiger partial charge < -0.3 is 8.80 Å². The van der Waals surface area contributed by atoms with Crippen LogP contribution in [0.3, 0.4) is 0 Å². The Balaban J connectivity index is 1.48. The normalized spacial score (nSPS) is 13.1. The van der Waals surface area contributed by atoms with Crippen LogP contribution in [0, 0.1) is 0 Å². The summed E-state index contributed by atoms with van der Waals surface area (Å²) in [7, 11) is 0. The number of rotatable bonds is 2. The minimum Gasteiger partial charge on any atom is -0.307 e. The maximum absolute atomic E-state index is 13.8. The SMILES string of the molecule is CC(C)c1cc2c(=O)cc3c4ccc5c6c(ccc(c46)c4cc(=O)c(c1)c2n34)c1cc(=O)c2cc(C(C)C)cc3c(=O)cc5n1c32. The van der Waals surface area contributed by atoms with Gasteiger partial charge in [0.05, 0.1) is 33.1 Å². The van der Waals surface area contributed by atoms with Gasteiger partial charge in [-0.2, -0.15) is 0 Å². The highest BCUT2D eigenvalue weighted by atomic mass is 16.1. The summed E-state index contributed by atoms with van der Waals surface area (Å²) >= 11 is 0. The summed E-state index contributed by atoms with van der Waals surface area (Å²) < 4.78 is 4.13. The zero-order valence-electron chi connectivity index (χ0n) is 25.6. The van der Waals surface area contributed by atoms with Crippen LogP contribution in [-0.2, 0) is 0 Å². The fraction of sp³-hybridized carbons (Fsp3) is 0.150. The lowest BCUT2D eigenvalue weighted by atomic mass is 9.90. The van der Waals surface area contributed by atoms with E-state index in [4.69, 9.17) is 0 Å². The number of hydrogen-bond donors (Lipinski definition) is 0. The van der Waals surface area contributed by atoms with Gasteiger partial charge >= 0.3 is 0 Å². The van der Waals surface area contributed by atoms with E-state index in [0.29, 0.717) is 32.6 Å². The van der Waals surface area contributed by atoms with E-state index in [2.05, 4.69) is 36.5 Å². The lowest BCUT2D eigenvalue weighted by Gasteiger charge is -2.22. The number of nitrogens with zero attached hydrogens (tertiary/aromatic N) is 2. The predicted octanol–water partition coefficient (Wildman–Crippen LogP) is 7.70. The number of fused-ring (bicyclic) bond motifs is 4. The van der Waals surface area contributed by atoms with E-state index >= 15 is 0 Å². The van der Waals surface area contributed by atoms with Crippen molar-refractivity contribution in [2.24, 2.45) is 0 Å². The van der Waals surface area contributed by atoms with E-state index in [1.54, 1.807) is 24.3 Å². The van der Waals surface area contributed by atoms with Crippen LogP contribution in [0.2, 0.25) is 0 Å². The zero-order valence-corrected chi connectivity index (χ0v) is 25.6. The molecule has 4 aromatic carbocycles. The molecule has 0 saturated carbocycles. The van der Waals surface area contributed by atoms with Crippen LogP contribution in [-0.4, -0.2) is 8.80 Å². The molecule has 0 atom stereocenters. The first-order valence-electron chi connectivity index (χ1n) is 15.7. The lowest BCUT2D eigenvalue weighted by molar-refractivity contribution is 0.869. The second-order valence-corrected chi connectivity index (χ2v) is 13.6. The van der Waals surface area contributed by atoms with Gasteiger partial charge in [0.15, 0.2) is 21.7 Å². The summed E-state index contributed by atoms with van der Waals surface area (Å²) in [6.45, 7) is 8.23. The van der Waals surface area contributed by atoms with Gasteiger partial charge in [-0.1, -0.05) is 52.0 Å². The molecule has 0 unspecified atom stereocenters. The van der Waals surface area contributed by atoms with E-state index in [1.165, 1.54) is 0 Å². The third kappa shape index (κ3) is 2.88. The number of benzene rings is 4. The van der Waals surface area contributed by atoms with Crippen molar-refractivity contribution in [2.45, 2.75) is 39.5 Å². The Hall–Kier alpha value is -5.62. The maximum atomic E-state index is 13.8. The van der Waals surface area contributed by atoms with Crippen LogP contribution in [0.15, 0.2) is 92.0 Å². The Morgan fingerprint density at radius 2 is 0.652 bits per heavy atom. The van der Waals surface area contributed by atoms with Gasteiger partial charge in [-0.15, -0.1) is 0 Å². The maximum Gasteiger partial charge on any atom is 0.190 e. The van der Waals surface area contributed by atoms with Crippen molar-refractivity contribution in [3.8, 4) is 0 Å². The number of aromatic nitrogens is 2. The summed E-state index contributed by atoms with van der Waals surface area (Å²) in [5, 5.41) is 7.49. The Morgan fingerprint density at radius 1 is 0.391 bits per heavy atom. The van der Waals surface area contributed by atoms with Crippen molar-refractivity contribution >= 4 is 87.0 Å². The van der Waals surface area contributed by atoms with Gasteiger partial charge in [0.25, 0.3) is 0 Å². The first-order valence-corrected chi connectivity index (χ1v) is 15.7. The summed E-state index contributed by atoms with van der Waals surface area (Å²) in [5.41, 5.74) is 5.61. The monoisotopic (exact) mass is 598 g/mol. The minimum absolute atomic E-state index is 0.125. The van der Waals surface area contributed by atoms with Gasteiger partial charge in [0.2, 0.25) is 0 Å². The molecule has 0 amide bonds. The van der Waals surface area contributed by atoms with Crippen molar-refractivity contribution in [3.63, 3.8) is 0 Å².